The Balaban J connectivity index is 1.50. The molecule has 2 heterocycles. The van der Waals surface area contributed by atoms with Crippen molar-refractivity contribution in [3.8, 4) is 5.75 Å². The molecule has 114 valence electrons. The summed E-state index contributed by atoms with van der Waals surface area (Å²) in [7, 11) is 0. The minimum Gasteiger partial charge on any atom is -0.492 e. The molecule has 3 aromatic rings. The molecular weight excluding hydrogens is 348 g/mol. The molecule has 1 fully saturated rings. The van der Waals surface area contributed by atoms with Gasteiger partial charge < -0.3 is 9.26 Å². The number of halogens is 1. The van der Waals surface area contributed by atoms with E-state index in [1.165, 1.54) is 12.8 Å². The van der Waals surface area contributed by atoms with E-state index in [1.807, 2.05) is 16.8 Å². The van der Waals surface area contributed by atoms with Crippen molar-refractivity contribution in [2.45, 2.75) is 25.8 Å². The van der Waals surface area contributed by atoms with Gasteiger partial charge in [-0.3, -0.25) is 0 Å². The Hall–Kier alpha value is -1.89. The average molecular weight is 363 g/mol. The van der Waals surface area contributed by atoms with Crippen molar-refractivity contribution in [3.05, 3.63) is 34.6 Å². The smallest absolute Gasteiger partial charge is 0.135 e. The van der Waals surface area contributed by atoms with Gasteiger partial charge in [0.05, 0.1) is 22.8 Å². The zero-order chi connectivity index (χ0) is 14.9. The Morgan fingerprint density at radius 2 is 2.27 bits per heavy atom. The summed E-state index contributed by atoms with van der Waals surface area (Å²) in [4.78, 5) is 0. The van der Waals surface area contributed by atoms with Crippen LogP contribution in [0.5, 0.6) is 5.75 Å². The highest BCUT2D eigenvalue weighted by atomic mass is 79.9. The van der Waals surface area contributed by atoms with Crippen LogP contribution in [-0.2, 0) is 13.0 Å². The van der Waals surface area contributed by atoms with Crippen molar-refractivity contribution in [1.29, 1.82) is 0 Å². The van der Waals surface area contributed by atoms with E-state index in [-0.39, 0.29) is 0 Å². The lowest BCUT2D eigenvalue weighted by Gasteiger charge is -2.08. The van der Waals surface area contributed by atoms with Gasteiger partial charge in [0.25, 0.3) is 0 Å². The van der Waals surface area contributed by atoms with E-state index in [1.54, 1.807) is 12.5 Å². The third kappa shape index (κ3) is 2.72. The number of rotatable bonds is 6. The first kappa shape index (κ1) is 13.8. The molecule has 2 aromatic heterocycles. The standard InChI is InChI=1S/C15H15BrN4O2/c16-14-13(21-6-5-11-7-17-22-9-11)4-3-12-15(14)18-19-20(12)8-10-1-2-10/h3-4,7,9-10H,1-2,5-6,8H2. The number of nitrogens with zero attached hydrogens (tertiary/aromatic N) is 4. The molecule has 0 atom stereocenters. The number of aromatic nitrogens is 4. The predicted octanol–water partition coefficient (Wildman–Crippen LogP) is 3.21. The van der Waals surface area contributed by atoms with Gasteiger partial charge in [-0.05, 0) is 46.8 Å². The summed E-state index contributed by atoms with van der Waals surface area (Å²) < 4.78 is 13.5. The number of ether oxygens (including phenoxy) is 1. The van der Waals surface area contributed by atoms with Crippen molar-refractivity contribution in [2.24, 2.45) is 5.92 Å². The first-order valence-electron chi connectivity index (χ1n) is 7.34. The molecule has 1 aromatic carbocycles. The summed E-state index contributed by atoms with van der Waals surface area (Å²) in [5.74, 6) is 1.55. The first-order valence-corrected chi connectivity index (χ1v) is 8.13. The van der Waals surface area contributed by atoms with Crippen LogP contribution in [0.15, 0.2) is 33.6 Å². The van der Waals surface area contributed by atoms with E-state index in [2.05, 4.69) is 31.4 Å². The molecule has 0 N–H and O–H groups in total. The first-order chi connectivity index (χ1) is 10.8. The second-order valence-corrected chi connectivity index (χ2v) is 6.38. The Morgan fingerprint density at radius 1 is 1.36 bits per heavy atom. The van der Waals surface area contributed by atoms with Crippen LogP contribution in [0.4, 0.5) is 0 Å². The third-order valence-electron chi connectivity index (χ3n) is 3.85. The number of fused-ring (bicyclic) bond motifs is 1. The molecule has 0 spiro atoms. The fraction of sp³-hybridized carbons (Fsp3) is 0.400. The largest absolute Gasteiger partial charge is 0.492 e. The second kappa shape index (κ2) is 5.72. The Morgan fingerprint density at radius 3 is 3.05 bits per heavy atom. The molecule has 6 nitrogen and oxygen atoms in total. The molecule has 0 amide bonds. The van der Waals surface area contributed by atoms with Gasteiger partial charge in [0, 0.05) is 18.5 Å². The van der Waals surface area contributed by atoms with E-state index in [0.717, 1.165) is 45.7 Å². The van der Waals surface area contributed by atoms with Crippen molar-refractivity contribution >= 4 is 27.0 Å². The number of benzene rings is 1. The predicted molar refractivity (Wildman–Crippen MR) is 83.7 cm³/mol. The van der Waals surface area contributed by atoms with Crippen LogP contribution in [-0.4, -0.2) is 26.8 Å². The highest BCUT2D eigenvalue weighted by Crippen LogP contribution is 2.34. The summed E-state index contributed by atoms with van der Waals surface area (Å²) >= 11 is 3.58. The maximum atomic E-state index is 5.83. The maximum absolute atomic E-state index is 5.83. The van der Waals surface area contributed by atoms with Gasteiger partial charge in [-0.15, -0.1) is 5.10 Å². The normalized spacial score (nSPS) is 14.6. The molecule has 0 aliphatic heterocycles. The second-order valence-electron chi connectivity index (χ2n) is 5.59. The van der Waals surface area contributed by atoms with Crippen molar-refractivity contribution in [2.75, 3.05) is 6.61 Å². The van der Waals surface area contributed by atoms with Crippen LogP contribution < -0.4 is 4.74 Å². The molecule has 22 heavy (non-hydrogen) atoms. The summed E-state index contributed by atoms with van der Waals surface area (Å²) in [6.45, 7) is 1.51. The average Bonchev–Trinajstić information content (AvgIpc) is 3.01. The van der Waals surface area contributed by atoms with Gasteiger partial charge in [0.2, 0.25) is 0 Å². The summed E-state index contributed by atoms with van der Waals surface area (Å²) in [5.41, 5.74) is 2.92. The highest BCUT2D eigenvalue weighted by molar-refractivity contribution is 9.10. The van der Waals surface area contributed by atoms with Crippen LogP contribution in [0.3, 0.4) is 0 Å². The molecule has 0 radical (unpaired) electrons. The van der Waals surface area contributed by atoms with Gasteiger partial charge in [0.15, 0.2) is 0 Å². The summed E-state index contributed by atoms with van der Waals surface area (Å²) in [6.07, 6.45) is 6.68. The minimum absolute atomic E-state index is 0.557. The van der Waals surface area contributed by atoms with Gasteiger partial charge in [-0.25, -0.2) is 4.68 Å². The molecule has 0 saturated heterocycles. The molecule has 1 saturated carbocycles. The number of hydrogen-bond donors (Lipinski definition) is 0. The molecule has 4 rings (SSSR count). The minimum atomic E-state index is 0.557. The van der Waals surface area contributed by atoms with Gasteiger partial charge >= 0.3 is 0 Å². The van der Waals surface area contributed by atoms with Crippen LogP contribution >= 0.6 is 15.9 Å². The zero-order valence-corrected chi connectivity index (χ0v) is 13.5. The highest BCUT2D eigenvalue weighted by Gasteiger charge is 2.23. The topological polar surface area (TPSA) is 66.0 Å². The van der Waals surface area contributed by atoms with E-state index in [0.29, 0.717) is 6.61 Å². The third-order valence-corrected chi connectivity index (χ3v) is 4.62. The van der Waals surface area contributed by atoms with Crippen LogP contribution in [0.2, 0.25) is 0 Å². The lowest BCUT2D eigenvalue weighted by Crippen LogP contribution is -2.02. The fourth-order valence-electron chi connectivity index (χ4n) is 2.41. The lowest BCUT2D eigenvalue weighted by atomic mass is 10.2. The van der Waals surface area contributed by atoms with Crippen molar-refractivity contribution in [1.82, 2.24) is 20.2 Å². The summed E-state index contributed by atoms with van der Waals surface area (Å²) in [5, 5.41) is 12.2. The Bertz CT molecular complexity index is 780. The fourth-order valence-corrected chi connectivity index (χ4v) is 2.94. The van der Waals surface area contributed by atoms with Gasteiger partial charge in [-0.2, -0.15) is 0 Å². The summed E-state index contributed by atoms with van der Waals surface area (Å²) in [6, 6.07) is 3.99. The van der Waals surface area contributed by atoms with E-state index >= 15 is 0 Å². The lowest BCUT2D eigenvalue weighted by molar-refractivity contribution is 0.320. The monoisotopic (exact) mass is 362 g/mol. The molecule has 7 heteroatoms. The molecular formula is C15H15BrN4O2. The van der Waals surface area contributed by atoms with Gasteiger partial charge in [-0.1, -0.05) is 10.4 Å². The van der Waals surface area contributed by atoms with Crippen LogP contribution in [0.1, 0.15) is 18.4 Å². The van der Waals surface area contributed by atoms with Crippen molar-refractivity contribution in [3.63, 3.8) is 0 Å². The molecule has 0 bridgehead atoms. The van der Waals surface area contributed by atoms with Gasteiger partial charge in [0.1, 0.15) is 17.5 Å². The molecule has 0 unspecified atom stereocenters. The van der Waals surface area contributed by atoms with E-state index < -0.39 is 0 Å². The Labute approximate surface area is 135 Å². The van der Waals surface area contributed by atoms with E-state index in [9.17, 15) is 0 Å². The quantitative estimate of drug-likeness (QED) is 0.673. The van der Waals surface area contributed by atoms with Crippen molar-refractivity contribution < 1.29 is 9.26 Å². The number of hydrogen-bond acceptors (Lipinski definition) is 5. The van der Waals surface area contributed by atoms with E-state index in [4.69, 9.17) is 9.26 Å². The SMILES string of the molecule is Brc1c(OCCc2cnoc2)ccc2c1nnn2CC1CC1. The van der Waals surface area contributed by atoms with Crippen LogP contribution in [0.25, 0.3) is 11.0 Å². The Kier molecular flexibility index (Phi) is 3.57. The zero-order valence-electron chi connectivity index (χ0n) is 11.9. The maximum Gasteiger partial charge on any atom is 0.135 e. The molecule has 1 aliphatic carbocycles. The van der Waals surface area contributed by atoms with Crippen LogP contribution in [0, 0.1) is 5.92 Å². The molecule has 1 aliphatic rings.